The zero-order valence-corrected chi connectivity index (χ0v) is 7.78. The van der Waals surface area contributed by atoms with Gasteiger partial charge in [-0.2, -0.15) is 0 Å². The van der Waals surface area contributed by atoms with Gasteiger partial charge in [-0.25, -0.2) is 0 Å². The molecule has 0 saturated carbocycles. The fraction of sp³-hybridized carbons (Fsp3) is 1.00. The summed E-state index contributed by atoms with van der Waals surface area (Å²) in [5.74, 6) is 5.17. The number of nitrogens with one attached hydrogen (secondary N) is 2. The van der Waals surface area contributed by atoms with Gasteiger partial charge in [0.15, 0.2) is 0 Å². The Balaban J connectivity index is 4.10. The third-order valence-electron chi connectivity index (χ3n) is 2.05. The minimum Gasteiger partial charge on any atom is -0.392 e. The minimum absolute atomic E-state index is 0.111. The number of hydrogen-bond donors (Lipinski definition) is 5. The lowest BCUT2D eigenvalue weighted by Gasteiger charge is -2.28. The fourth-order valence-corrected chi connectivity index (χ4v) is 1.00. The first-order valence-electron chi connectivity index (χ1n) is 4.04. The molecule has 0 aromatic heterocycles. The van der Waals surface area contributed by atoms with Crippen LogP contribution in [0.25, 0.3) is 0 Å². The van der Waals surface area contributed by atoms with Gasteiger partial charge in [-0.15, -0.1) is 0 Å². The first-order valence-corrected chi connectivity index (χ1v) is 4.04. The summed E-state index contributed by atoms with van der Waals surface area (Å²) in [6.07, 6.45) is -1.39. The Morgan fingerprint density at radius 3 is 2.00 bits per heavy atom. The van der Waals surface area contributed by atoms with E-state index in [1.807, 2.05) is 6.92 Å². The van der Waals surface area contributed by atoms with Crippen molar-refractivity contribution in [3.63, 3.8) is 0 Å². The topological polar surface area (TPSA) is 90.5 Å². The van der Waals surface area contributed by atoms with Crippen LogP contribution >= 0.6 is 0 Å². The Labute approximate surface area is 72.9 Å². The number of aliphatic hydroxyl groups excluding tert-OH is 2. The van der Waals surface area contributed by atoms with E-state index in [0.29, 0.717) is 0 Å². The molecule has 4 unspecified atom stereocenters. The SMILES string of the molecule is CNC(C)C(O)C(NN)C(C)O. The molecule has 0 aromatic carbocycles. The van der Waals surface area contributed by atoms with E-state index in [2.05, 4.69) is 10.7 Å². The molecule has 0 saturated heterocycles. The normalized spacial score (nSPS) is 21.5. The van der Waals surface area contributed by atoms with Gasteiger partial charge in [0.25, 0.3) is 0 Å². The summed E-state index contributed by atoms with van der Waals surface area (Å²) in [4.78, 5) is 0. The molecule has 0 spiro atoms. The largest absolute Gasteiger partial charge is 0.392 e. The average Bonchev–Trinajstić information content (AvgIpc) is 2.03. The van der Waals surface area contributed by atoms with Crippen molar-refractivity contribution in [2.75, 3.05) is 7.05 Å². The maximum atomic E-state index is 9.58. The van der Waals surface area contributed by atoms with Gasteiger partial charge >= 0.3 is 0 Å². The van der Waals surface area contributed by atoms with E-state index in [-0.39, 0.29) is 6.04 Å². The molecule has 4 atom stereocenters. The first-order chi connectivity index (χ1) is 5.54. The summed E-state index contributed by atoms with van der Waals surface area (Å²) >= 11 is 0. The van der Waals surface area contributed by atoms with Crippen molar-refractivity contribution >= 4 is 0 Å². The molecular formula is C7H19N3O2. The highest BCUT2D eigenvalue weighted by atomic mass is 16.3. The Morgan fingerprint density at radius 2 is 1.75 bits per heavy atom. The van der Waals surface area contributed by atoms with E-state index in [0.717, 1.165) is 0 Å². The predicted molar refractivity (Wildman–Crippen MR) is 47.3 cm³/mol. The Hall–Kier alpha value is -0.200. The molecule has 6 N–H and O–H groups in total. The second-order valence-corrected chi connectivity index (χ2v) is 3.00. The molecule has 0 aliphatic rings. The molecule has 5 heteroatoms. The van der Waals surface area contributed by atoms with Crippen molar-refractivity contribution in [1.29, 1.82) is 0 Å². The maximum absolute atomic E-state index is 9.58. The smallest absolute Gasteiger partial charge is 0.0881 e. The standard InChI is InChI=1S/C7H19N3O2/c1-4(9-3)7(12)6(10-8)5(2)11/h4-7,9-12H,8H2,1-3H3. The predicted octanol–water partition coefficient (Wildman–Crippen LogP) is -1.83. The average molecular weight is 177 g/mol. The molecule has 0 aromatic rings. The fourth-order valence-electron chi connectivity index (χ4n) is 1.00. The van der Waals surface area contributed by atoms with E-state index in [4.69, 9.17) is 5.84 Å². The number of hydrogen-bond acceptors (Lipinski definition) is 5. The van der Waals surface area contributed by atoms with Crippen LogP contribution in [0, 0.1) is 0 Å². The van der Waals surface area contributed by atoms with Crippen LogP contribution in [0.15, 0.2) is 0 Å². The lowest BCUT2D eigenvalue weighted by Crippen LogP contribution is -2.56. The van der Waals surface area contributed by atoms with E-state index >= 15 is 0 Å². The monoisotopic (exact) mass is 177 g/mol. The van der Waals surface area contributed by atoms with Crippen molar-refractivity contribution in [3.05, 3.63) is 0 Å². The summed E-state index contributed by atoms with van der Waals surface area (Å²) in [7, 11) is 1.74. The van der Waals surface area contributed by atoms with Crippen LogP contribution in [-0.4, -0.2) is 41.6 Å². The van der Waals surface area contributed by atoms with Crippen molar-refractivity contribution in [3.8, 4) is 0 Å². The van der Waals surface area contributed by atoms with Gasteiger partial charge in [-0.1, -0.05) is 0 Å². The molecule has 0 radical (unpaired) electrons. The second kappa shape index (κ2) is 5.45. The second-order valence-electron chi connectivity index (χ2n) is 3.00. The van der Waals surface area contributed by atoms with Crippen LogP contribution in [0.1, 0.15) is 13.8 Å². The zero-order chi connectivity index (χ0) is 9.72. The highest BCUT2D eigenvalue weighted by Gasteiger charge is 2.26. The van der Waals surface area contributed by atoms with Gasteiger partial charge < -0.3 is 15.5 Å². The molecular weight excluding hydrogens is 158 g/mol. The van der Waals surface area contributed by atoms with Gasteiger partial charge in [-0.05, 0) is 20.9 Å². The summed E-state index contributed by atoms with van der Waals surface area (Å²) in [5, 5.41) is 21.7. The van der Waals surface area contributed by atoms with Crippen molar-refractivity contribution in [2.45, 2.75) is 38.1 Å². The number of nitrogens with two attached hydrogens (primary N) is 1. The highest BCUT2D eigenvalue weighted by molar-refractivity contribution is 4.84. The molecule has 5 nitrogen and oxygen atoms in total. The summed E-state index contributed by atoms with van der Waals surface area (Å²) < 4.78 is 0. The summed E-state index contributed by atoms with van der Waals surface area (Å²) in [6, 6.07) is -0.618. The molecule has 0 amide bonds. The van der Waals surface area contributed by atoms with Crippen LogP contribution in [-0.2, 0) is 0 Å². The molecule has 74 valence electrons. The maximum Gasteiger partial charge on any atom is 0.0881 e. The number of aliphatic hydroxyl groups is 2. The first kappa shape index (κ1) is 11.8. The van der Waals surface area contributed by atoms with Crippen molar-refractivity contribution in [2.24, 2.45) is 5.84 Å². The number of hydrazine groups is 1. The van der Waals surface area contributed by atoms with E-state index in [1.54, 1.807) is 14.0 Å². The van der Waals surface area contributed by atoms with E-state index in [9.17, 15) is 10.2 Å². The van der Waals surface area contributed by atoms with Gasteiger partial charge in [0, 0.05) is 6.04 Å². The minimum atomic E-state index is -0.708. The summed E-state index contributed by atoms with van der Waals surface area (Å²) in [5.41, 5.74) is 2.38. The molecule has 12 heavy (non-hydrogen) atoms. The number of likely N-dealkylation sites (N-methyl/N-ethyl adjacent to an activating group) is 1. The molecule has 0 heterocycles. The Bertz CT molecular complexity index is 121. The Kier molecular flexibility index (Phi) is 5.36. The van der Waals surface area contributed by atoms with E-state index < -0.39 is 18.2 Å². The highest BCUT2D eigenvalue weighted by Crippen LogP contribution is 2.02. The Morgan fingerprint density at radius 1 is 1.25 bits per heavy atom. The number of rotatable bonds is 5. The van der Waals surface area contributed by atoms with Gasteiger partial charge in [0.1, 0.15) is 0 Å². The molecule has 0 aliphatic carbocycles. The van der Waals surface area contributed by atoms with Gasteiger partial charge in [-0.3, -0.25) is 11.3 Å². The van der Waals surface area contributed by atoms with Gasteiger partial charge in [0.2, 0.25) is 0 Å². The lowest BCUT2D eigenvalue weighted by molar-refractivity contribution is 0.0299. The van der Waals surface area contributed by atoms with Crippen LogP contribution in [0.2, 0.25) is 0 Å². The molecule has 0 bridgehead atoms. The third kappa shape index (κ3) is 3.04. The molecule has 0 aliphatic heterocycles. The van der Waals surface area contributed by atoms with Crippen LogP contribution in [0.5, 0.6) is 0 Å². The van der Waals surface area contributed by atoms with Crippen LogP contribution in [0.3, 0.4) is 0 Å². The van der Waals surface area contributed by atoms with Gasteiger partial charge in [0.05, 0.1) is 18.2 Å². The van der Waals surface area contributed by atoms with E-state index in [1.165, 1.54) is 0 Å². The lowest BCUT2D eigenvalue weighted by atomic mass is 10.0. The van der Waals surface area contributed by atoms with Crippen LogP contribution in [0.4, 0.5) is 0 Å². The zero-order valence-electron chi connectivity index (χ0n) is 7.78. The van der Waals surface area contributed by atoms with Crippen LogP contribution < -0.4 is 16.6 Å². The van der Waals surface area contributed by atoms with Crippen molar-refractivity contribution in [1.82, 2.24) is 10.7 Å². The summed E-state index contributed by atoms with van der Waals surface area (Å²) in [6.45, 7) is 3.40. The molecule has 0 rings (SSSR count). The van der Waals surface area contributed by atoms with Crippen molar-refractivity contribution < 1.29 is 10.2 Å². The third-order valence-corrected chi connectivity index (χ3v) is 2.05. The molecule has 0 fully saturated rings. The quantitative estimate of drug-likeness (QED) is 0.252.